The lowest BCUT2D eigenvalue weighted by Gasteiger charge is -2.19. The van der Waals surface area contributed by atoms with Crippen molar-refractivity contribution in [1.82, 2.24) is 4.90 Å². The first kappa shape index (κ1) is 17.7. The molecule has 2 rings (SSSR count). The highest BCUT2D eigenvalue weighted by atomic mass is 19.4. The van der Waals surface area contributed by atoms with Gasteiger partial charge in [0, 0.05) is 31.8 Å². The van der Waals surface area contributed by atoms with Crippen LogP contribution in [0.2, 0.25) is 0 Å². The zero-order chi connectivity index (χ0) is 16.9. The molecule has 1 aliphatic rings. The number of ether oxygens (including phenoxy) is 1. The smallest absolute Gasteiger partial charge is 0.381 e. The maximum atomic E-state index is 12.6. The van der Waals surface area contributed by atoms with Gasteiger partial charge in [-0.1, -0.05) is 6.07 Å². The molecular weight excluding hydrogens is 309 g/mol. The summed E-state index contributed by atoms with van der Waals surface area (Å²) in [6, 6.07) is 4.65. The van der Waals surface area contributed by atoms with Gasteiger partial charge in [-0.05, 0) is 37.6 Å². The molecule has 0 spiro atoms. The molecule has 0 unspecified atom stereocenters. The molecule has 7 heteroatoms. The highest BCUT2D eigenvalue weighted by Crippen LogP contribution is 2.30. The highest BCUT2D eigenvalue weighted by Gasteiger charge is 2.30. The summed E-state index contributed by atoms with van der Waals surface area (Å²) in [5.74, 6) is 0.199. The summed E-state index contributed by atoms with van der Waals surface area (Å²) in [5.41, 5.74) is -0.606. The van der Waals surface area contributed by atoms with Crippen LogP contribution in [-0.4, -0.2) is 44.2 Å². The van der Waals surface area contributed by atoms with Gasteiger partial charge in [0.15, 0.2) is 0 Å². The first-order chi connectivity index (χ1) is 10.8. The zero-order valence-electron chi connectivity index (χ0n) is 13.0. The van der Waals surface area contributed by atoms with Crippen LogP contribution < -0.4 is 5.32 Å². The van der Waals surface area contributed by atoms with E-state index in [0.29, 0.717) is 12.5 Å². The zero-order valence-corrected chi connectivity index (χ0v) is 13.0. The summed E-state index contributed by atoms with van der Waals surface area (Å²) in [7, 11) is 1.93. The fraction of sp³-hybridized carbons (Fsp3) is 0.562. The average Bonchev–Trinajstić information content (AvgIpc) is 2.97. The van der Waals surface area contributed by atoms with Gasteiger partial charge in [-0.2, -0.15) is 13.2 Å². The number of alkyl halides is 3. The van der Waals surface area contributed by atoms with Crippen molar-refractivity contribution in [2.24, 2.45) is 5.92 Å². The van der Waals surface area contributed by atoms with Crippen molar-refractivity contribution >= 4 is 11.6 Å². The largest absolute Gasteiger partial charge is 0.416 e. The number of carbonyl (C=O) groups is 1. The van der Waals surface area contributed by atoms with Gasteiger partial charge in [0.1, 0.15) is 0 Å². The van der Waals surface area contributed by atoms with Crippen LogP contribution in [0, 0.1) is 5.92 Å². The minimum atomic E-state index is -4.41. The standard InChI is InChI=1S/C16H21F3N2O2/c1-21(10-12-6-8-23-11-12)7-5-15(22)20-14-4-2-3-13(9-14)16(17,18)19/h2-4,9,12H,5-8,10-11H2,1H3,(H,20,22)/t12-/m0/s1. The minimum absolute atomic E-state index is 0.164. The second-order valence-corrected chi connectivity index (χ2v) is 5.87. The van der Waals surface area contributed by atoms with Crippen LogP contribution in [-0.2, 0) is 15.7 Å². The molecule has 1 fully saturated rings. The van der Waals surface area contributed by atoms with Gasteiger partial charge in [-0.25, -0.2) is 0 Å². The van der Waals surface area contributed by atoms with Crippen LogP contribution in [0.15, 0.2) is 24.3 Å². The maximum Gasteiger partial charge on any atom is 0.416 e. The fourth-order valence-corrected chi connectivity index (χ4v) is 2.55. The summed E-state index contributed by atoms with van der Waals surface area (Å²) in [6.07, 6.45) is -3.15. The number of nitrogens with zero attached hydrogens (tertiary/aromatic N) is 1. The number of anilines is 1. The first-order valence-electron chi connectivity index (χ1n) is 7.58. The number of hydrogen-bond acceptors (Lipinski definition) is 3. The van der Waals surface area contributed by atoms with Crippen molar-refractivity contribution < 1.29 is 22.7 Å². The van der Waals surface area contributed by atoms with Crippen LogP contribution in [0.25, 0.3) is 0 Å². The third-order valence-electron chi connectivity index (χ3n) is 3.79. The molecule has 1 atom stereocenters. The average molecular weight is 330 g/mol. The lowest BCUT2D eigenvalue weighted by molar-refractivity contribution is -0.137. The van der Waals surface area contributed by atoms with E-state index in [1.807, 2.05) is 11.9 Å². The van der Waals surface area contributed by atoms with E-state index in [1.165, 1.54) is 12.1 Å². The first-order valence-corrected chi connectivity index (χ1v) is 7.58. The lowest BCUT2D eigenvalue weighted by atomic mass is 10.1. The summed E-state index contributed by atoms with van der Waals surface area (Å²) < 4.78 is 43.2. The molecule has 1 aliphatic heterocycles. The predicted molar refractivity (Wildman–Crippen MR) is 81.1 cm³/mol. The van der Waals surface area contributed by atoms with Crippen molar-refractivity contribution in [3.63, 3.8) is 0 Å². The van der Waals surface area contributed by atoms with E-state index in [2.05, 4.69) is 5.32 Å². The van der Waals surface area contributed by atoms with Gasteiger partial charge in [0.05, 0.1) is 12.2 Å². The molecule has 4 nitrogen and oxygen atoms in total. The molecule has 1 amide bonds. The third kappa shape index (κ3) is 5.84. The summed E-state index contributed by atoms with van der Waals surface area (Å²) in [6.45, 7) is 2.95. The molecule has 1 saturated heterocycles. The number of halogens is 3. The topological polar surface area (TPSA) is 41.6 Å². The summed E-state index contributed by atoms with van der Waals surface area (Å²) in [5, 5.41) is 2.51. The van der Waals surface area contributed by atoms with Gasteiger partial charge in [-0.3, -0.25) is 4.79 Å². The van der Waals surface area contributed by atoms with E-state index in [-0.39, 0.29) is 18.0 Å². The van der Waals surface area contributed by atoms with Crippen molar-refractivity contribution in [1.29, 1.82) is 0 Å². The van der Waals surface area contributed by atoms with Crippen LogP contribution in [0.4, 0.5) is 18.9 Å². The molecule has 128 valence electrons. The fourth-order valence-electron chi connectivity index (χ4n) is 2.55. The molecular formula is C16H21F3N2O2. The minimum Gasteiger partial charge on any atom is -0.381 e. The van der Waals surface area contributed by atoms with Gasteiger partial charge in [0.2, 0.25) is 5.91 Å². The Labute approximate surface area is 133 Å². The van der Waals surface area contributed by atoms with Crippen LogP contribution in [0.3, 0.4) is 0 Å². The molecule has 0 aliphatic carbocycles. The van der Waals surface area contributed by atoms with Crippen LogP contribution in [0.1, 0.15) is 18.4 Å². The molecule has 23 heavy (non-hydrogen) atoms. The van der Waals surface area contributed by atoms with E-state index in [1.54, 1.807) is 0 Å². The molecule has 0 radical (unpaired) electrons. The van der Waals surface area contributed by atoms with Crippen LogP contribution >= 0.6 is 0 Å². The molecule has 1 heterocycles. The van der Waals surface area contributed by atoms with E-state index in [9.17, 15) is 18.0 Å². The summed E-state index contributed by atoms with van der Waals surface area (Å²) in [4.78, 5) is 13.9. The highest BCUT2D eigenvalue weighted by molar-refractivity contribution is 5.90. The Morgan fingerprint density at radius 2 is 2.22 bits per heavy atom. The molecule has 0 aromatic heterocycles. The number of benzene rings is 1. The number of rotatable bonds is 6. The lowest BCUT2D eigenvalue weighted by Crippen LogP contribution is -2.29. The molecule has 1 N–H and O–H groups in total. The maximum absolute atomic E-state index is 12.6. The van der Waals surface area contributed by atoms with Crippen molar-refractivity contribution in [3.8, 4) is 0 Å². The van der Waals surface area contributed by atoms with Crippen molar-refractivity contribution in [2.45, 2.75) is 19.0 Å². The van der Waals surface area contributed by atoms with Crippen molar-refractivity contribution in [3.05, 3.63) is 29.8 Å². The number of amides is 1. The van der Waals surface area contributed by atoms with E-state index >= 15 is 0 Å². The van der Waals surface area contributed by atoms with E-state index in [4.69, 9.17) is 4.74 Å². The monoisotopic (exact) mass is 330 g/mol. The Bertz CT molecular complexity index is 528. The third-order valence-corrected chi connectivity index (χ3v) is 3.79. The Kier molecular flexibility index (Phi) is 6.01. The normalized spacial score (nSPS) is 18.4. The molecule has 0 saturated carbocycles. The Hall–Kier alpha value is -1.60. The van der Waals surface area contributed by atoms with Gasteiger partial charge in [0.25, 0.3) is 0 Å². The quantitative estimate of drug-likeness (QED) is 0.872. The van der Waals surface area contributed by atoms with E-state index in [0.717, 1.165) is 38.3 Å². The summed E-state index contributed by atoms with van der Waals surface area (Å²) >= 11 is 0. The molecule has 1 aromatic carbocycles. The molecule has 1 aromatic rings. The number of carbonyl (C=O) groups excluding carboxylic acids is 1. The number of hydrogen-bond donors (Lipinski definition) is 1. The molecule has 0 bridgehead atoms. The van der Waals surface area contributed by atoms with E-state index < -0.39 is 11.7 Å². The number of nitrogens with one attached hydrogen (secondary N) is 1. The van der Waals surface area contributed by atoms with Crippen LogP contribution in [0.5, 0.6) is 0 Å². The predicted octanol–water partition coefficient (Wildman–Crippen LogP) is 3.00. The second kappa shape index (κ2) is 7.79. The van der Waals surface area contributed by atoms with Gasteiger partial charge >= 0.3 is 6.18 Å². The van der Waals surface area contributed by atoms with Gasteiger partial charge < -0.3 is 15.0 Å². The Morgan fingerprint density at radius 3 is 2.87 bits per heavy atom. The SMILES string of the molecule is CN(CCC(=O)Nc1cccc(C(F)(F)F)c1)C[C@@H]1CCOC1. The Balaban J connectivity index is 1.78. The van der Waals surface area contributed by atoms with Crippen molar-refractivity contribution in [2.75, 3.05) is 38.7 Å². The Morgan fingerprint density at radius 1 is 1.43 bits per heavy atom. The van der Waals surface area contributed by atoms with Gasteiger partial charge in [-0.15, -0.1) is 0 Å². The second-order valence-electron chi connectivity index (χ2n) is 5.87.